The molecular formula is C14H26N4O3. The quantitative estimate of drug-likeness (QED) is 0.738. The van der Waals surface area contributed by atoms with Gasteiger partial charge in [-0.1, -0.05) is 0 Å². The maximum atomic E-state index is 11.8. The first-order chi connectivity index (χ1) is 10.1. The molecule has 0 aromatic rings. The molecule has 0 bridgehead atoms. The third-order valence-corrected chi connectivity index (χ3v) is 4.44. The lowest BCUT2D eigenvalue weighted by Gasteiger charge is -2.37. The third kappa shape index (κ3) is 4.94. The number of hydrogen-bond acceptors (Lipinski definition) is 5. The number of morpholine rings is 1. The van der Waals surface area contributed by atoms with E-state index in [1.54, 1.807) is 0 Å². The van der Waals surface area contributed by atoms with Gasteiger partial charge in [0.2, 0.25) is 5.91 Å². The standard InChI is InChI=1S/C14H26N4O3/c1-11(13(19)16-14(15)20)18-4-2-12(3-5-18)10-17-6-8-21-9-7-17/h11-12H,2-10H2,1H3,(H3,15,16,19,20). The minimum absolute atomic E-state index is 0.304. The van der Waals surface area contributed by atoms with E-state index in [0.717, 1.165) is 58.8 Å². The van der Waals surface area contributed by atoms with Crippen LogP contribution in [0.2, 0.25) is 0 Å². The first-order valence-electron chi connectivity index (χ1n) is 7.70. The largest absolute Gasteiger partial charge is 0.379 e. The van der Waals surface area contributed by atoms with Crippen molar-refractivity contribution in [3.05, 3.63) is 0 Å². The van der Waals surface area contributed by atoms with Gasteiger partial charge in [-0.25, -0.2) is 4.79 Å². The van der Waals surface area contributed by atoms with Crippen molar-refractivity contribution < 1.29 is 14.3 Å². The van der Waals surface area contributed by atoms with Gasteiger partial charge in [-0.3, -0.25) is 19.9 Å². The van der Waals surface area contributed by atoms with Crippen molar-refractivity contribution in [2.45, 2.75) is 25.8 Å². The number of likely N-dealkylation sites (tertiary alicyclic amines) is 1. The Morgan fingerprint density at radius 1 is 1.24 bits per heavy atom. The average molecular weight is 298 g/mol. The van der Waals surface area contributed by atoms with E-state index in [0.29, 0.717) is 5.92 Å². The summed E-state index contributed by atoms with van der Waals surface area (Å²) < 4.78 is 5.36. The van der Waals surface area contributed by atoms with Crippen molar-refractivity contribution in [1.29, 1.82) is 0 Å². The summed E-state index contributed by atoms with van der Waals surface area (Å²) in [5.41, 5.74) is 4.98. The molecule has 7 heteroatoms. The molecular weight excluding hydrogens is 272 g/mol. The Bertz CT molecular complexity index is 363. The molecule has 1 atom stereocenters. The number of carbonyl (C=O) groups excluding carboxylic acids is 2. The summed E-state index contributed by atoms with van der Waals surface area (Å²) >= 11 is 0. The van der Waals surface area contributed by atoms with E-state index in [1.165, 1.54) is 0 Å². The van der Waals surface area contributed by atoms with Gasteiger partial charge in [0, 0.05) is 19.6 Å². The van der Waals surface area contributed by atoms with Crippen LogP contribution in [0.4, 0.5) is 4.79 Å². The van der Waals surface area contributed by atoms with Crippen LogP contribution < -0.4 is 11.1 Å². The van der Waals surface area contributed by atoms with Crippen molar-refractivity contribution in [3.63, 3.8) is 0 Å². The molecule has 2 heterocycles. The molecule has 0 aromatic heterocycles. The highest BCUT2D eigenvalue weighted by Crippen LogP contribution is 2.20. The number of piperidine rings is 1. The average Bonchev–Trinajstić information content (AvgIpc) is 2.47. The summed E-state index contributed by atoms with van der Waals surface area (Å²) in [5.74, 6) is 0.375. The number of nitrogens with zero attached hydrogens (tertiary/aromatic N) is 2. The van der Waals surface area contributed by atoms with E-state index >= 15 is 0 Å². The molecule has 2 aliphatic heterocycles. The molecule has 120 valence electrons. The summed E-state index contributed by atoms with van der Waals surface area (Å²) in [7, 11) is 0. The van der Waals surface area contributed by atoms with Crippen LogP contribution in [0.3, 0.4) is 0 Å². The first-order valence-corrected chi connectivity index (χ1v) is 7.70. The van der Waals surface area contributed by atoms with E-state index in [9.17, 15) is 9.59 Å². The Balaban J connectivity index is 1.72. The van der Waals surface area contributed by atoms with Gasteiger partial charge in [0.1, 0.15) is 0 Å². The Labute approximate surface area is 125 Å². The van der Waals surface area contributed by atoms with Crippen molar-refractivity contribution in [1.82, 2.24) is 15.1 Å². The molecule has 2 fully saturated rings. The number of nitrogens with two attached hydrogens (primary N) is 1. The van der Waals surface area contributed by atoms with Crippen LogP contribution in [0.5, 0.6) is 0 Å². The minimum atomic E-state index is -0.783. The number of nitrogens with one attached hydrogen (secondary N) is 1. The maximum Gasteiger partial charge on any atom is 0.318 e. The number of rotatable bonds is 4. The zero-order chi connectivity index (χ0) is 15.2. The first kappa shape index (κ1) is 16.2. The van der Waals surface area contributed by atoms with E-state index in [4.69, 9.17) is 10.5 Å². The highest BCUT2D eigenvalue weighted by atomic mass is 16.5. The molecule has 0 aliphatic carbocycles. The van der Waals surface area contributed by atoms with Gasteiger partial charge in [0.25, 0.3) is 0 Å². The van der Waals surface area contributed by atoms with Gasteiger partial charge in [-0.15, -0.1) is 0 Å². The van der Waals surface area contributed by atoms with Crippen LogP contribution in [0, 0.1) is 5.92 Å². The number of ether oxygens (including phenoxy) is 1. The number of amides is 3. The van der Waals surface area contributed by atoms with Gasteiger partial charge in [-0.2, -0.15) is 0 Å². The highest BCUT2D eigenvalue weighted by Gasteiger charge is 2.28. The predicted molar refractivity (Wildman–Crippen MR) is 78.7 cm³/mol. The van der Waals surface area contributed by atoms with Crippen LogP contribution >= 0.6 is 0 Å². The second-order valence-electron chi connectivity index (χ2n) is 5.92. The van der Waals surface area contributed by atoms with Crippen LogP contribution in [-0.2, 0) is 9.53 Å². The molecule has 0 spiro atoms. The number of primary amides is 1. The summed E-state index contributed by atoms with van der Waals surface area (Å²) in [4.78, 5) is 27.1. The van der Waals surface area contributed by atoms with Crippen LogP contribution in [0.1, 0.15) is 19.8 Å². The lowest BCUT2D eigenvalue weighted by Crippen LogP contribution is -2.51. The molecule has 3 amide bonds. The van der Waals surface area contributed by atoms with Crippen molar-refractivity contribution in [3.8, 4) is 0 Å². The van der Waals surface area contributed by atoms with Crippen molar-refractivity contribution in [2.75, 3.05) is 45.9 Å². The SMILES string of the molecule is CC(C(=O)NC(N)=O)N1CCC(CN2CCOCC2)CC1. The second kappa shape index (κ2) is 7.72. The number of urea groups is 1. The molecule has 1 unspecified atom stereocenters. The number of hydrogen-bond donors (Lipinski definition) is 2. The van der Waals surface area contributed by atoms with Crippen LogP contribution in [0.25, 0.3) is 0 Å². The molecule has 21 heavy (non-hydrogen) atoms. The van der Waals surface area contributed by atoms with Gasteiger partial charge >= 0.3 is 6.03 Å². The lowest BCUT2D eigenvalue weighted by atomic mass is 9.95. The molecule has 0 radical (unpaired) electrons. The van der Waals surface area contributed by atoms with Gasteiger partial charge < -0.3 is 10.5 Å². The van der Waals surface area contributed by atoms with Gasteiger partial charge in [0.15, 0.2) is 0 Å². The summed E-state index contributed by atoms with van der Waals surface area (Å²) in [6, 6.07) is -1.09. The van der Waals surface area contributed by atoms with Crippen LogP contribution in [-0.4, -0.2) is 73.7 Å². The van der Waals surface area contributed by atoms with Crippen molar-refractivity contribution >= 4 is 11.9 Å². The summed E-state index contributed by atoms with van der Waals surface area (Å²) in [5, 5.41) is 2.15. The minimum Gasteiger partial charge on any atom is -0.379 e. The molecule has 0 saturated carbocycles. The smallest absolute Gasteiger partial charge is 0.318 e. The Hall–Kier alpha value is -1.18. The van der Waals surface area contributed by atoms with E-state index in [1.807, 2.05) is 6.92 Å². The van der Waals surface area contributed by atoms with Crippen LogP contribution in [0.15, 0.2) is 0 Å². The molecule has 0 aromatic carbocycles. The van der Waals surface area contributed by atoms with E-state index in [2.05, 4.69) is 15.1 Å². The fourth-order valence-corrected chi connectivity index (χ4v) is 3.06. The zero-order valence-corrected chi connectivity index (χ0v) is 12.7. The summed E-state index contributed by atoms with van der Waals surface area (Å²) in [6.45, 7) is 8.45. The lowest BCUT2D eigenvalue weighted by molar-refractivity contribution is -0.125. The molecule has 2 saturated heterocycles. The number of carbonyl (C=O) groups is 2. The second-order valence-corrected chi connectivity index (χ2v) is 5.92. The Morgan fingerprint density at radius 2 is 1.86 bits per heavy atom. The fourth-order valence-electron chi connectivity index (χ4n) is 3.06. The predicted octanol–water partition coefficient (Wildman–Crippen LogP) is -0.386. The zero-order valence-electron chi connectivity index (χ0n) is 12.7. The highest BCUT2D eigenvalue weighted by molar-refractivity contribution is 5.96. The van der Waals surface area contributed by atoms with Crippen molar-refractivity contribution in [2.24, 2.45) is 11.7 Å². The van der Waals surface area contributed by atoms with E-state index < -0.39 is 6.03 Å². The Kier molecular flexibility index (Phi) is 5.96. The maximum absolute atomic E-state index is 11.8. The summed E-state index contributed by atoms with van der Waals surface area (Å²) in [6.07, 6.45) is 2.18. The number of imide groups is 1. The molecule has 2 rings (SSSR count). The van der Waals surface area contributed by atoms with Gasteiger partial charge in [0.05, 0.1) is 19.3 Å². The van der Waals surface area contributed by atoms with Gasteiger partial charge in [-0.05, 0) is 38.8 Å². The monoisotopic (exact) mass is 298 g/mol. The topological polar surface area (TPSA) is 87.9 Å². The van der Waals surface area contributed by atoms with E-state index in [-0.39, 0.29) is 11.9 Å². The fraction of sp³-hybridized carbons (Fsp3) is 0.857. The molecule has 2 aliphatic rings. The molecule has 3 N–H and O–H groups in total. The Morgan fingerprint density at radius 3 is 2.43 bits per heavy atom. The normalized spacial score (nSPS) is 23.7. The third-order valence-electron chi connectivity index (χ3n) is 4.44. The molecule has 7 nitrogen and oxygen atoms in total.